The second kappa shape index (κ2) is 5.94. The Balaban J connectivity index is 2.54. The Morgan fingerprint density at radius 2 is 1.90 bits per heavy atom. The maximum Gasteiger partial charge on any atom is 0.262 e. The molecule has 0 atom stereocenters. The molecule has 0 heterocycles. The fourth-order valence-corrected chi connectivity index (χ4v) is 4.33. The van der Waals surface area contributed by atoms with E-state index in [1.54, 1.807) is 19.1 Å². The normalized spacial score (nSPS) is 11.4. The summed E-state index contributed by atoms with van der Waals surface area (Å²) < 4.78 is 41.8. The molecule has 0 spiro atoms. The number of hydrogen-bond acceptors (Lipinski definition) is 3. The number of para-hydroxylation sites is 1. The molecule has 2 aromatic rings. The third-order valence-corrected chi connectivity index (χ3v) is 5.45. The van der Waals surface area contributed by atoms with Crippen LogP contribution in [0.25, 0.3) is 0 Å². The van der Waals surface area contributed by atoms with Gasteiger partial charge in [-0.25, -0.2) is 12.8 Å². The number of nitrogens with one attached hydrogen (secondary N) is 1. The van der Waals surface area contributed by atoms with Gasteiger partial charge in [-0.2, -0.15) is 0 Å². The lowest BCUT2D eigenvalue weighted by molar-refractivity contribution is 0.598. The molecular formula is C13H11Br2FN2O2S. The fraction of sp³-hybridized carbons (Fsp3) is 0.0769. The zero-order chi connectivity index (χ0) is 15.8. The Kier molecular flexibility index (Phi) is 4.60. The molecular weight excluding hydrogens is 427 g/mol. The predicted octanol–water partition coefficient (Wildman–Crippen LogP) is 4.04. The van der Waals surface area contributed by atoms with E-state index in [1.165, 1.54) is 18.2 Å². The number of nitrogen functional groups attached to an aromatic ring is 1. The summed E-state index contributed by atoms with van der Waals surface area (Å²) in [6.07, 6.45) is 0. The van der Waals surface area contributed by atoms with Gasteiger partial charge in [-0.3, -0.25) is 4.72 Å². The van der Waals surface area contributed by atoms with Gasteiger partial charge in [0.2, 0.25) is 0 Å². The van der Waals surface area contributed by atoms with Crippen molar-refractivity contribution in [1.82, 2.24) is 0 Å². The highest BCUT2D eigenvalue weighted by atomic mass is 79.9. The van der Waals surface area contributed by atoms with Crippen LogP contribution in [0.5, 0.6) is 0 Å². The van der Waals surface area contributed by atoms with Gasteiger partial charge in [0.15, 0.2) is 0 Å². The highest BCUT2D eigenvalue weighted by molar-refractivity contribution is 9.10. The number of halogens is 3. The monoisotopic (exact) mass is 436 g/mol. The average Bonchev–Trinajstić information content (AvgIpc) is 2.38. The molecule has 0 amide bonds. The Morgan fingerprint density at radius 3 is 2.52 bits per heavy atom. The lowest BCUT2D eigenvalue weighted by Crippen LogP contribution is -2.16. The molecule has 0 saturated carbocycles. The van der Waals surface area contributed by atoms with Gasteiger partial charge in [-0.05, 0) is 52.7 Å². The first-order valence-corrected chi connectivity index (χ1v) is 8.82. The molecule has 0 bridgehead atoms. The third kappa shape index (κ3) is 3.38. The second-order valence-corrected chi connectivity index (χ2v) is 7.74. The van der Waals surface area contributed by atoms with Crippen molar-refractivity contribution in [3.63, 3.8) is 0 Å². The molecule has 8 heteroatoms. The van der Waals surface area contributed by atoms with Crippen LogP contribution in [0.1, 0.15) is 5.56 Å². The van der Waals surface area contributed by atoms with Crippen molar-refractivity contribution < 1.29 is 12.8 Å². The summed E-state index contributed by atoms with van der Waals surface area (Å²) in [4.78, 5) is -0.00970. The molecule has 0 radical (unpaired) electrons. The maximum atomic E-state index is 13.8. The fourth-order valence-electron chi connectivity index (χ4n) is 1.74. The van der Waals surface area contributed by atoms with Gasteiger partial charge >= 0.3 is 0 Å². The van der Waals surface area contributed by atoms with E-state index in [0.717, 1.165) is 0 Å². The van der Waals surface area contributed by atoms with Crippen LogP contribution >= 0.6 is 31.9 Å². The Morgan fingerprint density at radius 1 is 1.24 bits per heavy atom. The summed E-state index contributed by atoms with van der Waals surface area (Å²) >= 11 is 6.32. The number of rotatable bonds is 3. The van der Waals surface area contributed by atoms with Gasteiger partial charge in [0.25, 0.3) is 10.0 Å². The predicted molar refractivity (Wildman–Crippen MR) is 88.2 cm³/mol. The van der Waals surface area contributed by atoms with Crippen molar-refractivity contribution in [2.75, 3.05) is 10.5 Å². The van der Waals surface area contributed by atoms with Crippen molar-refractivity contribution in [2.45, 2.75) is 11.8 Å². The van der Waals surface area contributed by atoms with Crippen LogP contribution in [0.2, 0.25) is 0 Å². The van der Waals surface area contributed by atoms with Gasteiger partial charge in [0, 0.05) is 14.6 Å². The van der Waals surface area contributed by atoms with Crippen molar-refractivity contribution >= 4 is 53.3 Å². The standard InChI is InChI=1S/C13H11Br2FN2O2S/c1-7-11(17)5-8(14)6-12(7)21(19,20)18-13-9(15)3-2-4-10(13)16/h2-6,18H,17H2,1H3. The van der Waals surface area contributed by atoms with Crippen LogP contribution in [0.3, 0.4) is 0 Å². The molecule has 0 saturated heterocycles. The minimum Gasteiger partial charge on any atom is -0.398 e. The molecule has 0 fully saturated rings. The molecule has 3 N–H and O–H groups in total. The van der Waals surface area contributed by atoms with Crippen molar-refractivity contribution in [1.29, 1.82) is 0 Å². The smallest absolute Gasteiger partial charge is 0.262 e. The number of benzene rings is 2. The van der Waals surface area contributed by atoms with Gasteiger partial charge in [-0.15, -0.1) is 0 Å². The van der Waals surface area contributed by atoms with E-state index in [4.69, 9.17) is 5.73 Å². The second-order valence-electron chi connectivity index (χ2n) is 4.32. The highest BCUT2D eigenvalue weighted by Crippen LogP contribution is 2.31. The molecule has 0 aliphatic carbocycles. The van der Waals surface area contributed by atoms with E-state index in [1.807, 2.05) is 0 Å². The lowest BCUT2D eigenvalue weighted by atomic mass is 10.2. The summed E-state index contributed by atoms with van der Waals surface area (Å²) in [5.74, 6) is -0.673. The number of hydrogen-bond donors (Lipinski definition) is 2. The van der Waals surface area contributed by atoms with Gasteiger partial charge < -0.3 is 5.73 Å². The van der Waals surface area contributed by atoms with Crippen molar-refractivity contribution in [3.8, 4) is 0 Å². The Bertz CT molecular complexity index is 790. The van der Waals surface area contributed by atoms with E-state index in [9.17, 15) is 12.8 Å². The van der Waals surface area contributed by atoms with Crippen LogP contribution in [-0.4, -0.2) is 8.42 Å². The molecule has 2 aromatic carbocycles. The van der Waals surface area contributed by atoms with E-state index in [-0.39, 0.29) is 10.6 Å². The first-order chi connectivity index (χ1) is 9.72. The molecule has 112 valence electrons. The summed E-state index contributed by atoms with van der Waals surface area (Å²) in [6.45, 7) is 1.59. The van der Waals surface area contributed by atoms with E-state index in [2.05, 4.69) is 36.6 Å². The molecule has 0 unspecified atom stereocenters. The number of nitrogens with two attached hydrogens (primary N) is 1. The average molecular weight is 438 g/mol. The quantitative estimate of drug-likeness (QED) is 0.711. The van der Waals surface area contributed by atoms with Crippen LogP contribution < -0.4 is 10.5 Å². The first kappa shape index (κ1) is 16.3. The Hall–Kier alpha value is -1.12. The first-order valence-electron chi connectivity index (χ1n) is 5.75. The minimum absolute atomic E-state index is 0.00970. The molecule has 21 heavy (non-hydrogen) atoms. The van der Waals surface area contributed by atoms with E-state index < -0.39 is 15.8 Å². The van der Waals surface area contributed by atoms with Crippen LogP contribution in [0.15, 0.2) is 44.2 Å². The summed E-state index contributed by atoms with van der Waals surface area (Å²) in [7, 11) is -3.96. The summed E-state index contributed by atoms with van der Waals surface area (Å²) in [5, 5.41) is 0. The van der Waals surface area contributed by atoms with Crippen molar-refractivity contribution in [3.05, 3.63) is 50.7 Å². The SMILES string of the molecule is Cc1c(N)cc(Br)cc1S(=O)(=O)Nc1c(F)cccc1Br. The summed E-state index contributed by atoms with van der Waals surface area (Å²) in [5.41, 5.74) is 6.35. The molecule has 0 aliphatic rings. The zero-order valence-electron chi connectivity index (χ0n) is 10.8. The van der Waals surface area contributed by atoms with Crippen LogP contribution in [0.4, 0.5) is 15.8 Å². The summed E-state index contributed by atoms with van der Waals surface area (Å²) in [6, 6.07) is 7.21. The minimum atomic E-state index is -3.96. The van der Waals surface area contributed by atoms with Gasteiger partial charge in [-0.1, -0.05) is 22.0 Å². The molecule has 0 aliphatic heterocycles. The Labute approximate surface area is 138 Å². The van der Waals surface area contributed by atoms with Crippen LogP contribution in [0, 0.1) is 12.7 Å². The maximum absolute atomic E-state index is 13.8. The zero-order valence-corrected chi connectivity index (χ0v) is 14.8. The topological polar surface area (TPSA) is 72.2 Å². The van der Waals surface area contributed by atoms with E-state index in [0.29, 0.717) is 20.2 Å². The lowest BCUT2D eigenvalue weighted by Gasteiger charge is -2.14. The number of anilines is 2. The molecule has 4 nitrogen and oxygen atoms in total. The van der Waals surface area contributed by atoms with E-state index >= 15 is 0 Å². The highest BCUT2D eigenvalue weighted by Gasteiger charge is 2.21. The van der Waals surface area contributed by atoms with Crippen LogP contribution in [-0.2, 0) is 10.0 Å². The number of sulfonamides is 1. The largest absolute Gasteiger partial charge is 0.398 e. The third-order valence-electron chi connectivity index (χ3n) is 2.85. The molecule has 2 rings (SSSR count). The van der Waals surface area contributed by atoms with Gasteiger partial charge in [0.05, 0.1) is 10.6 Å². The van der Waals surface area contributed by atoms with Crippen molar-refractivity contribution in [2.24, 2.45) is 0 Å². The van der Waals surface area contributed by atoms with Gasteiger partial charge in [0.1, 0.15) is 5.82 Å². The molecule has 0 aromatic heterocycles.